The summed E-state index contributed by atoms with van der Waals surface area (Å²) in [6, 6.07) is 13.3. The molecule has 0 saturated carbocycles. The SMILES string of the molecule is CSc1ccccc1OCc1nc2ccc(N)cc2o1. The first-order valence-corrected chi connectivity index (χ1v) is 7.39. The van der Waals surface area contributed by atoms with Crippen molar-refractivity contribution in [2.24, 2.45) is 0 Å². The van der Waals surface area contributed by atoms with Crippen LogP contribution < -0.4 is 10.5 Å². The molecule has 0 spiro atoms. The Morgan fingerprint density at radius 1 is 1.25 bits per heavy atom. The van der Waals surface area contributed by atoms with Gasteiger partial charge < -0.3 is 14.9 Å². The topological polar surface area (TPSA) is 61.3 Å². The Hall–Kier alpha value is -2.14. The second-order valence-corrected chi connectivity index (χ2v) is 5.12. The third-order valence-corrected chi connectivity index (χ3v) is 3.65. The first-order chi connectivity index (χ1) is 9.76. The van der Waals surface area contributed by atoms with E-state index in [9.17, 15) is 0 Å². The van der Waals surface area contributed by atoms with E-state index in [-0.39, 0.29) is 0 Å². The van der Waals surface area contributed by atoms with Crippen LogP contribution in [0.15, 0.2) is 51.8 Å². The van der Waals surface area contributed by atoms with Gasteiger partial charge in [-0.15, -0.1) is 11.8 Å². The molecule has 2 N–H and O–H groups in total. The van der Waals surface area contributed by atoms with E-state index >= 15 is 0 Å². The number of nitrogens with zero attached hydrogens (tertiary/aromatic N) is 1. The molecule has 3 aromatic rings. The minimum atomic E-state index is 0.298. The molecule has 1 aromatic heterocycles. The maximum absolute atomic E-state index is 5.77. The Morgan fingerprint density at radius 3 is 2.95 bits per heavy atom. The molecule has 0 radical (unpaired) electrons. The lowest BCUT2D eigenvalue weighted by Gasteiger charge is -2.07. The van der Waals surface area contributed by atoms with Crippen LogP contribution in [0.3, 0.4) is 0 Å². The number of fused-ring (bicyclic) bond motifs is 1. The fraction of sp³-hybridized carbons (Fsp3) is 0.133. The number of rotatable bonds is 4. The normalized spacial score (nSPS) is 10.8. The van der Waals surface area contributed by atoms with Gasteiger partial charge in [-0.2, -0.15) is 0 Å². The van der Waals surface area contributed by atoms with E-state index in [1.165, 1.54) is 0 Å². The number of thioether (sulfide) groups is 1. The standard InChI is InChI=1S/C15H14N2O2S/c1-20-14-5-3-2-4-12(14)18-9-15-17-11-7-6-10(16)8-13(11)19-15/h2-8H,9,16H2,1H3. The van der Waals surface area contributed by atoms with E-state index < -0.39 is 0 Å². The largest absolute Gasteiger partial charge is 0.483 e. The summed E-state index contributed by atoms with van der Waals surface area (Å²) in [5.74, 6) is 1.38. The van der Waals surface area contributed by atoms with Crippen LogP contribution in [-0.4, -0.2) is 11.2 Å². The van der Waals surface area contributed by atoms with Crippen LogP contribution in [0, 0.1) is 0 Å². The minimum Gasteiger partial charge on any atom is -0.483 e. The van der Waals surface area contributed by atoms with E-state index in [0.717, 1.165) is 16.2 Å². The van der Waals surface area contributed by atoms with E-state index in [1.54, 1.807) is 23.9 Å². The average Bonchev–Trinajstić information content (AvgIpc) is 2.87. The molecule has 5 heteroatoms. The first kappa shape index (κ1) is 12.9. The van der Waals surface area contributed by atoms with Gasteiger partial charge in [0.25, 0.3) is 0 Å². The highest BCUT2D eigenvalue weighted by Gasteiger charge is 2.08. The van der Waals surface area contributed by atoms with Crippen LogP contribution in [0.1, 0.15) is 5.89 Å². The fourth-order valence-electron chi connectivity index (χ4n) is 1.93. The molecule has 0 aliphatic rings. The summed E-state index contributed by atoms with van der Waals surface area (Å²) in [5, 5.41) is 0. The molecular formula is C15H14N2O2S. The summed E-state index contributed by atoms with van der Waals surface area (Å²) < 4.78 is 11.4. The van der Waals surface area contributed by atoms with Crippen LogP contribution in [0.4, 0.5) is 5.69 Å². The van der Waals surface area contributed by atoms with E-state index in [0.29, 0.717) is 23.8 Å². The number of hydrogen-bond acceptors (Lipinski definition) is 5. The van der Waals surface area contributed by atoms with Gasteiger partial charge in [-0.05, 0) is 30.5 Å². The highest BCUT2D eigenvalue weighted by atomic mass is 32.2. The molecule has 0 fully saturated rings. The van der Waals surface area contributed by atoms with Gasteiger partial charge >= 0.3 is 0 Å². The molecule has 0 saturated heterocycles. The molecular weight excluding hydrogens is 272 g/mol. The lowest BCUT2D eigenvalue weighted by Crippen LogP contribution is -1.96. The maximum Gasteiger partial charge on any atom is 0.233 e. The smallest absolute Gasteiger partial charge is 0.233 e. The van der Waals surface area contributed by atoms with Crippen LogP contribution in [0.5, 0.6) is 5.75 Å². The Morgan fingerprint density at radius 2 is 2.10 bits per heavy atom. The second-order valence-electron chi connectivity index (χ2n) is 4.27. The molecule has 20 heavy (non-hydrogen) atoms. The van der Waals surface area contributed by atoms with Gasteiger partial charge in [-0.25, -0.2) is 4.98 Å². The van der Waals surface area contributed by atoms with Crippen molar-refractivity contribution in [2.45, 2.75) is 11.5 Å². The van der Waals surface area contributed by atoms with Crippen molar-refractivity contribution in [3.05, 3.63) is 48.4 Å². The number of anilines is 1. The summed E-state index contributed by atoms with van der Waals surface area (Å²) >= 11 is 1.64. The van der Waals surface area contributed by atoms with Crippen LogP contribution in [0.25, 0.3) is 11.1 Å². The zero-order valence-electron chi connectivity index (χ0n) is 11.0. The number of hydrogen-bond donors (Lipinski definition) is 1. The molecule has 4 nitrogen and oxygen atoms in total. The summed E-state index contributed by atoms with van der Waals surface area (Å²) in [5.41, 5.74) is 7.85. The van der Waals surface area contributed by atoms with Crippen LogP contribution in [0.2, 0.25) is 0 Å². The summed E-state index contributed by atoms with van der Waals surface area (Å²) in [7, 11) is 0. The molecule has 0 atom stereocenters. The van der Waals surface area contributed by atoms with E-state index in [2.05, 4.69) is 4.98 Å². The monoisotopic (exact) mass is 286 g/mol. The number of nitrogen functional groups attached to an aromatic ring is 1. The number of para-hydroxylation sites is 1. The van der Waals surface area contributed by atoms with E-state index in [4.69, 9.17) is 14.9 Å². The average molecular weight is 286 g/mol. The van der Waals surface area contributed by atoms with Crippen molar-refractivity contribution in [3.63, 3.8) is 0 Å². The summed E-state index contributed by atoms with van der Waals surface area (Å²) in [4.78, 5) is 5.46. The first-order valence-electron chi connectivity index (χ1n) is 6.17. The Kier molecular flexibility index (Phi) is 3.52. The molecule has 0 aliphatic carbocycles. The Bertz CT molecular complexity index is 740. The van der Waals surface area contributed by atoms with Gasteiger partial charge in [0.05, 0.1) is 0 Å². The molecule has 0 unspecified atom stereocenters. The highest BCUT2D eigenvalue weighted by molar-refractivity contribution is 7.98. The van der Waals surface area contributed by atoms with Crippen molar-refractivity contribution in [2.75, 3.05) is 12.0 Å². The molecule has 1 heterocycles. The maximum atomic E-state index is 5.77. The number of aromatic nitrogens is 1. The lowest BCUT2D eigenvalue weighted by molar-refractivity contribution is 0.261. The molecule has 3 rings (SSSR count). The summed E-state index contributed by atoms with van der Waals surface area (Å²) in [6.45, 7) is 0.298. The molecule has 0 aliphatic heterocycles. The third kappa shape index (κ3) is 2.58. The third-order valence-electron chi connectivity index (χ3n) is 2.88. The number of ether oxygens (including phenoxy) is 1. The molecule has 0 bridgehead atoms. The minimum absolute atomic E-state index is 0.298. The van der Waals surface area contributed by atoms with Gasteiger partial charge in [-0.3, -0.25) is 0 Å². The van der Waals surface area contributed by atoms with Gasteiger partial charge in [0.15, 0.2) is 12.2 Å². The molecule has 2 aromatic carbocycles. The fourth-order valence-corrected chi connectivity index (χ4v) is 2.47. The van der Waals surface area contributed by atoms with Gasteiger partial charge in [-0.1, -0.05) is 12.1 Å². The molecule has 0 amide bonds. The number of nitrogens with two attached hydrogens (primary N) is 1. The highest BCUT2D eigenvalue weighted by Crippen LogP contribution is 2.28. The van der Waals surface area contributed by atoms with Gasteiger partial charge in [0.2, 0.25) is 5.89 Å². The van der Waals surface area contributed by atoms with Crippen molar-refractivity contribution in [1.82, 2.24) is 4.98 Å². The van der Waals surface area contributed by atoms with Crippen molar-refractivity contribution < 1.29 is 9.15 Å². The quantitative estimate of drug-likeness (QED) is 0.585. The van der Waals surface area contributed by atoms with Gasteiger partial charge in [0, 0.05) is 16.6 Å². The Labute approximate surface area is 120 Å². The van der Waals surface area contributed by atoms with Crippen molar-refractivity contribution in [1.29, 1.82) is 0 Å². The van der Waals surface area contributed by atoms with Crippen molar-refractivity contribution in [3.8, 4) is 5.75 Å². The predicted octanol–water partition coefficient (Wildman–Crippen LogP) is 3.71. The van der Waals surface area contributed by atoms with Crippen LogP contribution in [-0.2, 0) is 6.61 Å². The van der Waals surface area contributed by atoms with E-state index in [1.807, 2.05) is 36.6 Å². The number of oxazole rings is 1. The lowest BCUT2D eigenvalue weighted by atomic mass is 10.3. The predicted molar refractivity (Wildman–Crippen MR) is 81.0 cm³/mol. The molecule has 102 valence electrons. The zero-order valence-corrected chi connectivity index (χ0v) is 11.8. The zero-order chi connectivity index (χ0) is 13.9. The van der Waals surface area contributed by atoms with Crippen LogP contribution >= 0.6 is 11.8 Å². The number of benzene rings is 2. The summed E-state index contributed by atoms with van der Waals surface area (Å²) in [6.07, 6.45) is 2.02. The van der Waals surface area contributed by atoms with Gasteiger partial charge in [0.1, 0.15) is 11.3 Å². The second kappa shape index (κ2) is 5.46. The Balaban J connectivity index is 1.79. The van der Waals surface area contributed by atoms with Crippen molar-refractivity contribution >= 4 is 28.5 Å².